The largest absolute Gasteiger partial charge is 0.454 e. The molecule has 1 amide bonds. The van der Waals surface area contributed by atoms with Crippen molar-refractivity contribution >= 4 is 50.8 Å². The van der Waals surface area contributed by atoms with Gasteiger partial charge in [0.1, 0.15) is 6.61 Å². The van der Waals surface area contributed by atoms with Gasteiger partial charge in [-0.3, -0.25) is 0 Å². The summed E-state index contributed by atoms with van der Waals surface area (Å²) >= 11 is 5.07. The molecule has 1 fully saturated rings. The monoisotopic (exact) mass is 611 g/mol. The van der Waals surface area contributed by atoms with Gasteiger partial charge in [-0.05, 0) is 71.1 Å². The second-order valence-corrected chi connectivity index (χ2v) is 11.4. The highest BCUT2D eigenvalue weighted by Crippen LogP contribution is 2.42. The molecule has 1 atom stereocenters. The van der Waals surface area contributed by atoms with Gasteiger partial charge in [0.15, 0.2) is 17.0 Å². The third-order valence-electron chi connectivity index (χ3n) is 6.93. The zero-order valence-corrected chi connectivity index (χ0v) is 23.5. The van der Waals surface area contributed by atoms with Crippen LogP contribution in [0, 0.1) is 0 Å². The van der Waals surface area contributed by atoms with E-state index in [1.807, 2.05) is 51.9 Å². The number of fused-ring (bicyclic) bond motifs is 2. The highest BCUT2D eigenvalue weighted by molar-refractivity contribution is 9.10. The minimum atomic E-state index is -0.262. The van der Waals surface area contributed by atoms with Gasteiger partial charge in [-0.2, -0.15) is 0 Å². The van der Waals surface area contributed by atoms with Gasteiger partial charge >= 0.3 is 6.09 Å². The van der Waals surface area contributed by atoms with Crippen LogP contribution in [0.3, 0.4) is 0 Å². The Morgan fingerprint density at radius 2 is 2.05 bits per heavy atom. The van der Waals surface area contributed by atoms with Crippen LogP contribution in [-0.4, -0.2) is 45.3 Å². The first kappa shape index (κ1) is 25.8. The number of ether oxygens (including phenoxy) is 3. The van der Waals surface area contributed by atoms with Crippen molar-refractivity contribution in [1.29, 1.82) is 0 Å². The SMILES string of the molecule is Nc1nc[n+](CCC2CCCCN2C(=O)OCc2ccccc2)c2nc(Sc3cc4c(cc3Br)OCO4)[nH]c12. The third kappa shape index (κ3) is 5.62. The van der Waals surface area contributed by atoms with Crippen LogP contribution in [0.4, 0.5) is 10.6 Å². The van der Waals surface area contributed by atoms with E-state index in [9.17, 15) is 4.79 Å². The van der Waals surface area contributed by atoms with Crippen LogP contribution in [-0.2, 0) is 17.9 Å². The first-order valence-corrected chi connectivity index (χ1v) is 14.4. The Labute approximate surface area is 238 Å². The smallest absolute Gasteiger partial charge is 0.410 e. The number of carbonyl (C=O) groups excluding carboxylic acids is 1. The number of anilines is 1. The summed E-state index contributed by atoms with van der Waals surface area (Å²) in [6.45, 7) is 1.82. The number of nitrogen functional groups attached to an aromatic ring is 1. The van der Waals surface area contributed by atoms with E-state index in [1.54, 1.807) is 6.33 Å². The number of nitrogens with two attached hydrogens (primary N) is 1. The molecule has 6 rings (SSSR count). The average molecular weight is 613 g/mol. The average Bonchev–Trinajstić information content (AvgIpc) is 3.60. The Hall–Kier alpha value is -3.51. The van der Waals surface area contributed by atoms with Crippen molar-refractivity contribution in [2.75, 3.05) is 19.1 Å². The van der Waals surface area contributed by atoms with Crippen molar-refractivity contribution in [3.63, 3.8) is 0 Å². The van der Waals surface area contributed by atoms with Gasteiger partial charge in [-0.15, -0.1) is 0 Å². The van der Waals surface area contributed by atoms with Crippen LogP contribution in [0.25, 0.3) is 11.2 Å². The van der Waals surface area contributed by atoms with Crippen LogP contribution >= 0.6 is 27.7 Å². The fourth-order valence-electron chi connectivity index (χ4n) is 4.90. The number of aromatic nitrogens is 4. The molecular weight excluding hydrogens is 584 g/mol. The Balaban J connectivity index is 1.16. The van der Waals surface area contributed by atoms with Crippen LogP contribution < -0.4 is 19.8 Å². The third-order valence-corrected chi connectivity index (χ3v) is 8.79. The van der Waals surface area contributed by atoms with Crippen molar-refractivity contribution in [3.8, 4) is 11.5 Å². The maximum atomic E-state index is 13.0. The highest BCUT2D eigenvalue weighted by Gasteiger charge is 2.29. The number of imidazole rings is 1. The maximum Gasteiger partial charge on any atom is 0.410 e. The summed E-state index contributed by atoms with van der Waals surface area (Å²) in [7, 11) is 0. The minimum absolute atomic E-state index is 0.0829. The van der Waals surface area contributed by atoms with E-state index in [1.165, 1.54) is 11.8 Å². The summed E-state index contributed by atoms with van der Waals surface area (Å²) in [6, 6.07) is 13.6. The number of amides is 1. The van der Waals surface area contributed by atoms with E-state index >= 15 is 0 Å². The lowest BCUT2D eigenvalue weighted by Gasteiger charge is -2.34. The summed E-state index contributed by atoms with van der Waals surface area (Å²) in [5, 5.41) is 0.682. The van der Waals surface area contributed by atoms with Gasteiger partial charge in [-0.25, -0.2) is 9.36 Å². The summed E-state index contributed by atoms with van der Waals surface area (Å²) in [6.07, 6.45) is 5.21. The minimum Gasteiger partial charge on any atom is -0.454 e. The van der Waals surface area contributed by atoms with Gasteiger partial charge in [0.05, 0.1) is 6.54 Å². The van der Waals surface area contributed by atoms with Crippen LogP contribution in [0.5, 0.6) is 11.5 Å². The molecule has 0 radical (unpaired) electrons. The molecule has 0 spiro atoms. The molecular formula is C27H28BrN6O4S+. The summed E-state index contributed by atoms with van der Waals surface area (Å²) in [5.74, 6) is 1.80. The molecule has 0 bridgehead atoms. The highest BCUT2D eigenvalue weighted by atomic mass is 79.9. The van der Waals surface area contributed by atoms with Crippen molar-refractivity contribution in [1.82, 2.24) is 19.9 Å². The van der Waals surface area contributed by atoms with Crippen LogP contribution in [0.1, 0.15) is 31.2 Å². The summed E-state index contributed by atoms with van der Waals surface area (Å²) in [4.78, 5) is 28.3. The number of hydrogen-bond donors (Lipinski definition) is 2. The molecule has 12 heteroatoms. The Morgan fingerprint density at radius 1 is 1.23 bits per heavy atom. The van der Waals surface area contributed by atoms with E-state index < -0.39 is 0 Å². The quantitative estimate of drug-likeness (QED) is 0.279. The molecule has 1 saturated heterocycles. The van der Waals surface area contributed by atoms with Gasteiger partial charge < -0.3 is 29.8 Å². The molecule has 4 aromatic rings. The number of nitrogens with zero attached hydrogens (tertiary/aromatic N) is 4. The predicted octanol–water partition coefficient (Wildman–Crippen LogP) is 5.05. The van der Waals surface area contributed by atoms with Crippen molar-refractivity contribution in [3.05, 3.63) is 58.8 Å². The normalized spacial score (nSPS) is 16.5. The lowest BCUT2D eigenvalue weighted by molar-refractivity contribution is -0.677. The van der Waals surface area contributed by atoms with Gasteiger partial charge in [0.25, 0.3) is 5.65 Å². The second kappa shape index (κ2) is 11.3. The molecule has 202 valence electrons. The molecule has 2 aliphatic rings. The second-order valence-electron chi connectivity index (χ2n) is 9.47. The number of aromatic amines is 1. The zero-order chi connectivity index (χ0) is 26.8. The summed E-state index contributed by atoms with van der Waals surface area (Å²) in [5.41, 5.74) is 8.57. The number of piperidine rings is 1. The first-order valence-electron chi connectivity index (χ1n) is 12.8. The molecule has 2 aromatic heterocycles. The number of hydrogen-bond acceptors (Lipinski definition) is 8. The molecule has 10 nitrogen and oxygen atoms in total. The van der Waals surface area contributed by atoms with E-state index in [2.05, 4.69) is 25.9 Å². The molecule has 1 unspecified atom stereocenters. The maximum absolute atomic E-state index is 13.0. The number of nitrogens with one attached hydrogen (secondary N) is 1. The van der Waals surface area contributed by atoms with E-state index in [0.29, 0.717) is 41.1 Å². The van der Waals surface area contributed by atoms with Gasteiger partial charge in [-0.1, -0.05) is 40.3 Å². The number of halogens is 1. The van der Waals surface area contributed by atoms with Gasteiger partial charge in [0.2, 0.25) is 24.1 Å². The van der Waals surface area contributed by atoms with Crippen LogP contribution in [0.15, 0.2) is 63.3 Å². The number of H-pyrrole nitrogens is 1. The molecule has 39 heavy (non-hydrogen) atoms. The van der Waals surface area contributed by atoms with E-state index in [0.717, 1.165) is 46.3 Å². The standard InChI is InChI=1S/C27H27BrN6O4S/c28-19-12-20-21(38-16-37-20)13-22(19)39-26-31-23-24(29)30-15-33(25(23)32-26)11-9-18-8-4-5-10-34(18)27(35)36-14-17-6-2-1-3-7-17/h1-3,6-7,12-13,15,18H,4-5,8-11,14,16H2,(H2,29,31,32)/p+1. The molecule has 2 aromatic carbocycles. The Kier molecular flexibility index (Phi) is 7.47. The molecule has 0 saturated carbocycles. The van der Waals surface area contributed by atoms with Crippen LogP contribution in [0.2, 0.25) is 0 Å². The number of rotatable bonds is 7. The Morgan fingerprint density at radius 3 is 2.90 bits per heavy atom. The molecule has 2 aliphatic heterocycles. The molecule has 4 heterocycles. The lowest BCUT2D eigenvalue weighted by Crippen LogP contribution is -2.47. The van der Waals surface area contributed by atoms with Crippen molar-refractivity contribution in [2.45, 2.75) is 54.9 Å². The molecule has 3 N–H and O–H groups in total. The van der Waals surface area contributed by atoms with Crippen molar-refractivity contribution in [2.24, 2.45) is 0 Å². The summed E-state index contributed by atoms with van der Waals surface area (Å²) < 4.78 is 19.5. The number of likely N-dealkylation sites (tertiary alicyclic amines) is 1. The number of benzene rings is 2. The van der Waals surface area contributed by atoms with E-state index in [4.69, 9.17) is 24.9 Å². The van der Waals surface area contributed by atoms with Gasteiger partial charge in [0, 0.05) is 22.0 Å². The fourth-order valence-corrected chi connectivity index (χ4v) is 6.29. The fraction of sp³-hybridized carbons (Fsp3) is 0.333. The van der Waals surface area contributed by atoms with Crippen molar-refractivity contribution < 1.29 is 23.6 Å². The molecule has 0 aliphatic carbocycles. The lowest BCUT2D eigenvalue weighted by atomic mass is 10.00. The number of aryl methyl sites for hydroxylation is 1. The topological polar surface area (TPSA) is 119 Å². The zero-order valence-electron chi connectivity index (χ0n) is 21.1. The van der Waals surface area contributed by atoms with E-state index in [-0.39, 0.29) is 25.5 Å². The number of carbonyl (C=O) groups is 1. The Bertz CT molecular complexity index is 1500. The first-order chi connectivity index (χ1) is 19.0. The predicted molar refractivity (Wildman–Crippen MR) is 148 cm³/mol.